The number of fused-ring (bicyclic) bond motifs is 4. The number of phenols is 2. The quantitative estimate of drug-likeness (QED) is 0.481. The number of rotatable bonds is 0. The Morgan fingerprint density at radius 3 is 1.40 bits per heavy atom. The van der Waals surface area contributed by atoms with Gasteiger partial charge >= 0.3 is 0 Å². The van der Waals surface area contributed by atoms with Crippen LogP contribution in [0.15, 0.2) is 33.2 Å². The van der Waals surface area contributed by atoms with Crippen molar-refractivity contribution in [3.8, 4) is 11.5 Å². The van der Waals surface area contributed by atoms with Gasteiger partial charge in [-0.25, -0.2) is 0 Å². The summed E-state index contributed by atoms with van der Waals surface area (Å²) in [6.07, 6.45) is 1.95. The molecular weight excluding hydrogens is 444 g/mol. The van der Waals surface area contributed by atoms with Crippen LogP contribution in [0.5, 0.6) is 11.5 Å². The number of aromatic hydroxyl groups is 2. The fraction of sp³-hybridized carbons (Fsp3) is 0.429. The van der Waals surface area contributed by atoms with Crippen molar-refractivity contribution in [1.82, 2.24) is 0 Å². The third-order valence-electron chi connectivity index (χ3n) is 6.15. The highest BCUT2D eigenvalue weighted by atomic mass is 79.9. The van der Waals surface area contributed by atoms with E-state index in [4.69, 9.17) is 0 Å². The Morgan fingerprint density at radius 1 is 0.680 bits per heavy atom. The average Bonchev–Trinajstić information content (AvgIpc) is 2.82. The molecule has 0 aliphatic heterocycles. The third kappa shape index (κ3) is 2.26. The molecule has 132 valence electrons. The Hall–Kier alpha value is -1.00. The zero-order chi connectivity index (χ0) is 18.4. The van der Waals surface area contributed by atoms with Gasteiger partial charge in [-0.1, -0.05) is 27.7 Å². The van der Waals surface area contributed by atoms with Gasteiger partial charge in [0.15, 0.2) is 0 Å². The van der Waals surface area contributed by atoms with Crippen LogP contribution in [0.3, 0.4) is 0 Å². The number of hydrogen-bond donors (Lipinski definition) is 2. The summed E-state index contributed by atoms with van der Waals surface area (Å²) in [5.74, 6) is 0.562. The molecule has 0 saturated carbocycles. The van der Waals surface area contributed by atoms with Gasteiger partial charge in [0.2, 0.25) is 0 Å². The summed E-state index contributed by atoms with van der Waals surface area (Å²) in [6, 6.07) is 8.00. The van der Waals surface area contributed by atoms with Crippen molar-refractivity contribution in [3.63, 3.8) is 0 Å². The summed E-state index contributed by atoms with van der Waals surface area (Å²) in [5, 5.41) is 20.7. The summed E-state index contributed by atoms with van der Waals surface area (Å²) < 4.78 is 1.49. The van der Waals surface area contributed by atoms with E-state index in [-0.39, 0.29) is 27.7 Å². The lowest BCUT2D eigenvalue weighted by atomic mass is 9.72. The molecule has 0 bridgehead atoms. The minimum atomic E-state index is -0.173. The molecule has 0 unspecified atom stereocenters. The van der Waals surface area contributed by atoms with Gasteiger partial charge in [-0.05, 0) is 102 Å². The third-order valence-corrected chi connectivity index (χ3v) is 7.42. The van der Waals surface area contributed by atoms with Crippen molar-refractivity contribution in [3.05, 3.63) is 55.5 Å². The van der Waals surface area contributed by atoms with Crippen molar-refractivity contribution < 1.29 is 10.2 Å². The monoisotopic (exact) mass is 464 g/mol. The van der Waals surface area contributed by atoms with Crippen molar-refractivity contribution in [2.24, 2.45) is 0 Å². The van der Waals surface area contributed by atoms with E-state index in [1.807, 2.05) is 12.1 Å². The second-order valence-corrected chi connectivity index (χ2v) is 10.6. The molecule has 2 aromatic carbocycles. The van der Waals surface area contributed by atoms with E-state index in [2.05, 4.69) is 71.7 Å². The van der Waals surface area contributed by atoms with Crippen LogP contribution in [-0.2, 0) is 16.2 Å². The summed E-state index contributed by atoms with van der Waals surface area (Å²) in [7, 11) is 0. The Kier molecular flexibility index (Phi) is 3.51. The van der Waals surface area contributed by atoms with Gasteiger partial charge in [0, 0.05) is 5.41 Å². The SMILES string of the molecule is CC1(C)CC2(CC(C)(C)c3cc(Br)c(O)cc32)c2cc(O)c(Br)cc21. The largest absolute Gasteiger partial charge is 0.507 e. The van der Waals surface area contributed by atoms with E-state index in [0.717, 1.165) is 21.8 Å². The van der Waals surface area contributed by atoms with Crippen LogP contribution in [0.4, 0.5) is 0 Å². The average molecular weight is 466 g/mol. The van der Waals surface area contributed by atoms with E-state index < -0.39 is 0 Å². The van der Waals surface area contributed by atoms with Crippen molar-refractivity contribution in [1.29, 1.82) is 0 Å². The minimum Gasteiger partial charge on any atom is -0.507 e. The molecule has 4 heteroatoms. The zero-order valence-electron chi connectivity index (χ0n) is 14.9. The lowest BCUT2D eigenvalue weighted by Gasteiger charge is -2.30. The van der Waals surface area contributed by atoms with Gasteiger partial charge in [0.05, 0.1) is 8.95 Å². The van der Waals surface area contributed by atoms with Crippen LogP contribution in [0, 0.1) is 0 Å². The van der Waals surface area contributed by atoms with Gasteiger partial charge in [0.25, 0.3) is 0 Å². The fourth-order valence-electron chi connectivity index (χ4n) is 5.32. The van der Waals surface area contributed by atoms with Crippen LogP contribution in [0.25, 0.3) is 0 Å². The van der Waals surface area contributed by atoms with E-state index in [9.17, 15) is 10.2 Å². The Balaban J connectivity index is 2.07. The topological polar surface area (TPSA) is 40.5 Å². The number of benzene rings is 2. The summed E-state index contributed by atoms with van der Waals surface area (Å²) >= 11 is 6.95. The zero-order valence-corrected chi connectivity index (χ0v) is 18.0. The summed E-state index contributed by atoms with van der Waals surface area (Å²) in [4.78, 5) is 0. The molecule has 2 aromatic rings. The molecule has 0 saturated heterocycles. The molecule has 2 aliphatic carbocycles. The first-order valence-electron chi connectivity index (χ1n) is 8.55. The van der Waals surface area contributed by atoms with Crippen LogP contribution in [0.2, 0.25) is 0 Å². The van der Waals surface area contributed by atoms with Gasteiger partial charge < -0.3 is 10.2 Å². The first kappa shape index (κ1) is 17.4. The first-order valence-corrected chi connectivity index (χ1v) is 10.1. The highest BCUT2D eigenvalue weighted by Crippen LogP contribution is 2.64. The second kappa shape index (κ2) is 5.04. The standard InChI is InChI=1S/C21H22Br2O2/c1-19(2)9-21(13-7-17(24)15(22)5-11(13)19)10-20(3,4)12-6-16(23)18(25)8-14(12)21/h5-8,24-25H,9-10H2,1-4H3. The van der Waals surface area contributed by atoms with Gasteiger partial charge in [-0.3, -0.25) is 0 Å². The first-order chi connectivity index (χ1) is 11.5. The van der Waals surface area contributed by atoms with E-state index in [1.54, 1.807) is 0 Å². The molecule has 25 heavy (non-hydrogen) atoms. The van der Waals surface area contributed by atoms with E-state index in [0.29, 0.717) is 0 Å². The lowest BCUT2D eigenvalue weighted by molar-refractivity contribution is 0.348. The van der Waals surface area contributed by atoms with Crippen molar-refractivity contribution in [2.45, 2.75) is 56.8 Å². The maximum atomic E-state index is 10.4. The van der Waals surface area contributed by atoms with Crippen LogP contribution >= 0.6 is 31.9 Å². The molecule has 0 radical (unpaired) electrons. The second-order valence-electron chi connectivity index (χ2n) is 8.90. The Labute approximate surface area is 165 Å². The molecule has 0 heterocycles. The maximum Gasteiger partial charge on any atom is 0.130 e. The van der Waals surface area contributed by atoms with E-state index in [1.165, 1.54) is 22.3 Å². The molecule has 2 aliphatic rings. The molecule has 1 spiro atoms. The number of phenolic OH excluding ortho intramolecular Hbond substituents is 2. The van der Waals surface area contributed by atoms with Crippen LogP contribution in [0.1, 0.15) is 62.8 Å². The smallest absolute Gasteiger partial charge is 0.130 e. The fourth-order valence-corrected chi connectivity index (χ4v) is 6.01. The molecular formula is C21H22Br2O2. The van der Waals surface area contributed by atoms with Gasteiger partial charge in [-0.15, -0.1) is 0 Å². The van der Waals surface area contributed by atoms with Crippen LogP contribution < -0.4 is 0 Å². The molecule has 0 amide bonds. The summed E-state index contributed by atoms with van der Waals surface area (Å²) in [5.41, 5.74) is 4.80. The predicted molar refractivity (Wildman–Crippen MR) is 108 cm³/mol. The normalized spacial score (nSPS) is 21.4. The minimum absolute atomic E-state index is 0.00589. The number of hydrogen-bond acceptors (Lipinski definition) is 2. The van der Waals surface area contributed by atoms with E-state index >= 15 is 0 Å². The highest BCUT2D eigenvalue weighted by Gasteiger charge is 2.56. The number of halogens is 2. The molecule has 0 aromatic heterocycles. The van der Waals surface area contributed by atoms with Crippen LogP contribution in [-0.4, -0.2) is 10.2 Å². The molecule has 0 fully saturated rings. The highest BCUT2D eigenvalue weighted by molar-refractivity contribution is 9.10. The lowest BCUT2D eigenvalue weighted by Crippen LogP contribution is -2.26. The molecule has 2 nitrogen and oxygen atoms in total. The molecule has 4 rings (SSSR count). The van der Waals surface area contributed by atoms with Crippen molar-refractivity contribution >= 4 is 31.9 Å². The summed E-state index contributed by atoms with van der Waals surface area (Å²) in [6.45, 7) is 9.09. The molecule has 2 N–H and O–H groups in total. The maximum absolute atomic E-state index is 10.4. The molecule has 0 atom stereocenters. The Morgan fingerprint density at radius 2 is 1.04 bits per heavy atom. The predicted octanol–water partition coefficient (Wildman–Crippen LogP) is 6.27. The van der Waals surface area contributed by atoms with Crippen molar-refractivity contribution in [2.75, 3.05) is 0 Å². The Bertz CT molecular complexity index is 837. The van der Waals surface area contributed by atoms with Gasteiger partial charge in [-0.2, -0.15) is 0 Å². The van der Waals surface area contributed by atoms with Gasteiger partial charge in [0.1, 0.15) is 11.5 Å².